The van der Waals surface area contributed by atoms with E-state index in [0.717, 1.165) is 24.7 Å². The van der Waals surface area contributed by atoms with Crippen LogP contribution in [0.1, 0.15) is 5.56 Å². The van der Waals surface area contributed by atoms with Gasteiger partial charge in [0.15, 0.2) is 0 Å². The normalized spacial score (nSPS) is 14.0. The molecule has 0 heterocycles. The van der Waals surface area contributed by atoms with E-state index < -0.39 is 16.8 Å². The zero-order valence-electron chi connectivity index (χ0n) is 7.89. The van der Waals surface area contributed by atoms with Gasteiger partial charge in [0.2, 0.25) is 0 Å². The third kappa shape index (κ3) is 3.59. The minimum absolute atomic E-state index is 0.0253. The summed E-state index contributed by atoms with van der Waals surface area (Å²) in [5.41, 5.74) is -1.01. The molecule has 0 aromatic heterocycles. The lowest BCUT2D eigenvalue weighted by atomic mass is 10.1. The van der Waals surface area contributed by atoms with Crippen molar-refractivity contribution in [1.82, 2.24) is 0 Å². The molecular formula is C9H4Cl3F3O2. The molecule has 0 aliphatic rings. The molecule has 17 heavy (non-hydrogen) atoms. The summed E-state index contributed by atoms with van der Waals surface area (Å²) in [6, 6.07) is 1.53. The lowest BCUT2D eigenvalue weighted by Gasteiger charge is -2.09. The summed E-state index contributed by atoms with van der Waals surface area (Å²) in [7, 11) is 0. The second kappa shape index (κ2) is 5.71. The molecule has 94 valence electrons. The molecule has 0 saturated heterocycles. The number of alkyl halides is 3. The van der Waals surface area contributed by atoms with Gasteiger partial charge in [0, 0.05) is 10.4 Å². The highest BCUT2D eigenvalue weighted by atomic mass is 35.5. The fourth-order valence-corrected chi connectivity index (χ4v) is 1.46. The molecule has 2 nitrogen and oxygen atoms in total. The summed E-state index contributed by atoms with van der Waals surface area (Å²) in [6.07, 6.45) is 1.82. The largest absolute Gasteiger partial charge is 0.393 e. The number of hydrogen-bond acceptors (Lipinski definition) is 2. The van der Waals surface area contributed by atoms with Crippen LogP contribution in [0.5, 0.6) is 0 Å². The Morgan fingerprint density at radius 1 is 1.06 bits per heavy atom. The van der Waals surface area contributed by atoms with Gasteiger partial charge in [-0.3, -0.25) is 0 Å². The minimum atomic E-state index is -3.85. The maximum absolute atomic E-state index is 13.3. The van der Waals surface area contributed by atoms with E-state index in [0.29, 0.717) is 0 Å². The van der Waals surface area contributed by atoms with Crippen molar-refractivity contribution in [2.75, 3.05) is 0 Å². The van der Waals surface area contributed by atoms with Gasteiger partial charge < -0.3 is 8.58 Å². The lowest BCUT2D eigenvalue weighted by Crippen LogP contribution is -2.28. The molecule has 0 unspecified atom stereocenters. The summed E-state index contributed by atoms with van der Waals surface area (Å²) in [5.74, 6) is -1.21. The van der Waals surface area contributed by atoms with Crippen LogP contribution in [0.4, 0.5) is 13.2 Å². The number of benzene rings is 1. The molecule has 0 atom stereocenters. The van der Waals surface area contributed by atoms with Crippen LogP contribution in [0.2, 0.25) is 0 Å². The molecule has 1 aromatic rings. The van der Waals surface area contributed by atoms with Crippen LogP contribution < -0.4 is 10.4 Å². The summed E-state index contributed by atoms with van der Waals surface area (Å²) in [6.45, 7) is 0. The molecule has 0 saturated carbocycles. The second-order valence-electron chi connectivity index (χ2n) is 2.87. The first-order chi connectivity index (χ1) is 7.90. The SMILES string of the molecule is Fc1cc(=COCl)c(=COCl)cc1C(F)(F)Cl. The smallest absolute Gasteiger partial charge is 0.351 e. The Kier molecular flexibility index (Phi) is 4.80. The van der Waals surface area contributed by atoms with Gasteiger partial charge in [-0.2, -0.15) is 8.78 Å². The number of rotatable bonds is 3. The Morgan fingerprint density at radius 2 is 1.53 bits per heavy atom. The molecule has 0 fully saturated rings. The highest BCUT2D eigenvalue weighted by Crippen LogP contribution is 2.32. The fourth-order valence-electron chi connectivity index (χ4n) is 1.12. The standard InChI is InChI=1S/C9H4Cl3F3O2/c10-9(14,15)7-1-5(3-16-11)6(4-17-12)2-8(7)13/h1-4H. The summed E-state index contributed by atoms with van der Waals surface area (Å²) in [5, 5.41) is -3.76. The van der Waals surface area contributed by atoms with Crippen molar-refractivity contribution in [3.63, 3.8) is 0 Å². The zero-order valence-corrected chi connectivity index (χ0v) is 10.2. The van der Waals surface area contributed by atoms with Crippen LogP contribution in [0.3, 0.4) is 0 Å². The molecule has 0 radical (unpaired) electrons. The first-order valence-electron chi connectivity index (χ1n) is 4.02. The molecule has 1 rings (SSSR count). The number of hydrogen-bond donors (Lipinski definition) is 0. The highest BCUT2D eigenvalue weighted by molar-refractivity contribution is 6.21. The van der Waals surface area contributed by atoms with Crippen LogP contribution in [0.15, 0.2) is 12.1 Å². The van der Waals surface area contributed by atoms with Crippen molar-refractivity contribution < 1.29 is 21.7 Å². The van der Waals surface area contributed by atoms with E-state index in [1.54, 1.807) is 0 Å². The fraction of sp³-hybridized carbons (Fsp3) is 0.111. The Bertz CT molecular complexity index is 513. The van der Waals surface area contributed by atoms with Crippen LogP contribution in [-0.4, -0.2) is 0 Å². The van der Waals surface area contributed by atoms with Crippen LogP contribution in [0.25, 0.3) is 12.5 Å². The maximum Gasteiger partial charge on any atom is 0.351 e. The Hall–Kier alpha value is -0.780. The minimum Gasteiger partial charge on any atom is -0.393 e. The van der Waals surface area contributed by atoms with Crippen molar-refractivity contribution in [1.29, 1.82) is 0 Å². The molecular weight excluding hydrogens is 303 g/mol. The average Bonchev–Trinajstić information content (AvgIpc) is 2.20. The van der Waals surface area contributed by atoms with Gasteiger partial charge in [0.25, 0.3) is 0 Å². The third-order valence-electron chi connectivity index (χ3n) is 1.82. The topological polar surface area (TPSA) is 18.5 Å². The molecule has 0 amide bonds. The number of halogens is 6. The highest BCUT2D eigenvalue weighted by Gasteiger charge is 2.31. The molecule has 0 aliphatic carbocycles. The average molecular weight is 307 g/mol. The van der Waals surface area contributed by atoms with Crippen LogP contribution in [0, 0.1) is 5.82 Å². The van der Waals surface area contributed by atoms with Gasteiger partial charge in [-0.15, -0.1) is 0 Å². The molecule has 0 bridgehead atoms. The van der Waals surface area contributed by atoms with Gasteiger partial charge in [-0.25, -0.2) is 4.39 Å². The van der Waals surface area contributed by atoms with Gasteiger partial charge in [0.05, 0.1) is 5.56 Å². The van der Waals surface area contributed by atoms with E-state index in [4.69, 9.17) is 35.3 Å². The van der Waals surface area contributed by atoms with Crippen molar-refractivity contribution >= 4 is 47.9 Å². The molecule has 0 aliphatic heterocycles. The summed E-state index contributed by atoms with van der Waals surface area (Å²) >= 11 is 14.6. The monoisotopic (exact) mass is 306 g/mol. The maximum atomic E-state index is 13.3. The second-order valence-corrected chi connectivity index (χ2v) is 3.70. The molecule has 0 N–H and O–H groups in total. The van der Waals surface area contributed by atoms with E-state index in [1.165, 1.54) is 0 Å². The van der Waals surface area contributed by atoms with E-state index in [-0.39, 0.29) is 10.4 Å². The Balaban J connectivity index is 3.58. The first-order valence-corrected chi connectivity index (χ1v) is 5.01. The summed E-state index contributed by atoms with van der Waals surface area (Å²) < 4.78 is 47.2. The Labute approximate surface area is 109 Å². The van der Waals surface area contributed by atoms with E-state index >= 15 is 0 Å². The van der Waals surface area contributed by atoms with Crippen molar-refractivity contribution in [3.8, 4) is 0 Å². The molecule has 0 spiro atoms. The van der Waals surface area contributed by atoms with E-state index in [1.807, 2.05) is 0 Å². The van der Waals surface area contributed by atoms with Gasteiger partial charge in [0.1, 0.15) is 42.1 Å². The summed E-state index contributed by atoms with van der Waals surface area (Å²) in [4.78, 5) is 0. The molecule has 8 heteroatoms. The first kappa shape index (κ1) is 14.3. The van der Waals surface area contributed by atoms with Crippen LogP contribution >= 0.6 is 35.3 Å². The van der Waals surface area contributed by atoms with Crippen molar-refractivity contribution in [2.24, 2.45) is 0 Å². The zero-order chi connectivity index (χ0) is 13.1. The third-order valence-corrected chi connectivity index (χ3v) is 2.20. The van der Waals surface area contributed by atoms with Crippen LogP contribution in [-0.2, 0) is 14.0 Å². The van der Waals surface area contributed by atoms with Crippen molar-refractivity contribution in [2.45, 2.75) is 5.38 Å². The predicted octanol–water partition coefficient (Wildman–Crippen LogP) is 2.93. The quantitative estimate of drug-likeness (QED) is 0.800. The van der Waals surface area contributed by atoms with Gasteiger partial charge in [-0.05, 0) is 23.7 Å². The van der Waals surface area contributed by atoms with Gasteiger partial charge in [-0.1, -0.05) is 0 Å². The van der Waals surface area contributed by atoms with E-state index in [9.17, 15) is 13.2 Å². The van der Waals surface area contributed by atoms with Gasteiger partial charge >= 0.3 is 5.38 Å². The Morgan fingerprint density at radius 3 is 1.94 bits per heavy atom. The lowest BCUT2D eigenvalue weighted by molar-refractivity contribution is 0.0905. The van der Waals surface area contributed by atoms with E-state index in [2.05, 4.69) is 8.58 Å². The predicted molar refractivity (Wildman–Crippen MR) is 58.2 cm³/mol. The molecule has 1 aromatic carbocycles. The van der Waals surface area contributed by atoms with Crippen molar-refractivity contribution in [3.05, 3.63) is 34.0 Å².